The molecule has 106 valence electrons. The summed E-state index contributed by atoms with van der Waals surface area (Å²) in [6.07, 6.45) is 1.56. The molecule has 6 heteroatoms. The molecule has 0 aliphatic heterocycles. The van der Waals surface area contributed by atoms with Crippen LogP contribution in [0.4, 0.5) is 0 Å². The number of hydrogen-bond donors (Lipinski definition) is 1. The first-order valence-corrected chi connectivity index (χ1v) is 6.67. The van der Waals surface area contributed by atoms with E-state index >= 15 is 0 Å². The Labute approximate surface area is 125 Å². The molecule has 0 saturated heterocycles. The van der Waals surface area contributed by atoms with E-state index in [4.69, 9.17) is 13.9 Å². The smallest absolute Gasteiger partial charge is 0.251 e. The summed E-state index contributed by atoms with van der Waals surface area (Å²) in [5, 5.41) is 2.76. The van der Waals surface area contributed by atoms with Crippen molar-refractivity contribution >= 4 is 21.8 Å². The van der Waals surface area contributed by atoms with Crippen LogP contribution < -0.4 is 14.8 Å². The van der Waals surface area contributed by atoms with Gasteiger partial charge < -0.3 is 19.2 Å². The fourth-order valence-electron chi connectivity index (χ4n) is 1.68. The lowest BCUT2D eigenvalue weighted by molar-refractivity contribution is 0.0947. The number of furan rings is 1. The average molecular weight is 340 g/mol. The lowest BCUT2D eigenvalue weighted by Gasteiger charge is -2.11. The molecule has 2 aromatic rings. The molecule has 0 fully saturated rings. The number of halogens is 1. The molecule has 0 aliphatic rings. The minimum atomic E-state index is -0.231. The molecule has 1 amide bonds. The molecule has 0 radical (unpaired) electrons. The van der Waals surface area contributed by atoms with E-state index in [2.05, 4.69) is 21.2 Å². The Morgan fingerprint density at radius 1 is 1.30 bits per heavy atom. The standard InChI is InChI=1S/C14H14BrNO4/c1-18-11-6-9(7-12(19-2)13(11)15)14(17)16-8-10-4-3-5-20-10/h3-7H,8H2,1-2H3,(H,16,17). The third-order valence-corrected chi connectivity index (χ3v) is 3.49. The van der Waals surface area contributed by atoms with E-state index in [9.17, 15) is 4.79 Å². The van der Waals surface area contributed by atoms with Crippen molar-refractivity contribution in [2.24, 2.45) is 0 Å². The van der Waals surface area contributed by atoms with Gasteiger partial charge in [-0.05, 0) is 40.2 Å². The van der Waals surface area contributed by atoms with Gasteiger partial charge in [0.2, 0.25) is 0 Å². The van der Waals surface area contributed by atoms with Gasteiger partial charge in [0, 0.05) is 5.56 Å². The number of carbonyl (C=O) groups is 1. The number of rotatable bonds is 5. The van der Waals surface area contributed by atoms with Crippen LogP contribution in [0.2, 0.25) is 0 Å². The number of nitrogens with one attached hydrogen (secondary N) is 1. The van der Waals surface area contributed by atoms with Gasteiger partial charge in [-0.25, -0.2) is 0 Å². The first-order valence-electron chi connectivity index (χ1n) is 5.87. The van der Waals surface area contributed by atoms with E-state index in [1.165, 1.54) is 14.2 Å². The highest BCUT2D eigenvalue weighted by Gasteiger charge is 2.14. The molecule has 1 aromatic heterocycles. The van der Waals surface area contributed by atoms with Crippen molar-refractivity contribution in [2.45, 2.75) is 6.54 Å². The summed E-state index contributed by atoms with van der Waals surface area (Å²) >= 11 is 3.36. The topological polar surface area (TPSA) is 60.7 Å². The zero-order valence-electron chi connectivity index (χ0n) is 11.1. The zero-order valence-corrected chi connectivity index (χ0v) is 12.7. The summed E-state index contributed by atoms with van der Waals surface area (Å²) in [6, 6.07) is 6.85. The van der Waals surface area contributed by atoms with E-state index < -0.39 is 0 Å². The van der Waals surface area contributed by atoms with Gasteiger partial charge in [0.1, 0.15) is 21.7 Å². The van der Waals surface area contributed by atoms with Gasteiger partial charge in [-0.15, -0.1) is 0 Å². The second-order valence-electron chi connectivity index (χ2n) is 3.96. The average Bonchev–Trinajstić information content (AvgIpc) is 2.98. The predicted molar refractivity (Wildman–Crippen MR) is 77.1 cm³/mol. The van der Waals surface area contributed by atoms with Crippen LogP contribution in [-0.2, 0) is 6.54 Å². The van der Waals surface area contributed by atoms with Crippen molar-refractivity contribution in [2.75, 3.05) is 14.2 Å². The summed E-state index contributed by atoms with van der Waals surface area (Å²) < 4.78 is 16.2. The second-order valence-corrected chi connectivity index (χ2v) is 4.75. The number of amides is 1. The normalized spacial score (nSPS) is 10.2. The lowest BCUT2D eigenvalue weighted by atomic mass is 10.2. The van der Waals surface area contributed by atoms with Crippen molar-refractivity contribution < 1.29 is 18.7 Å². The van der Waals surface area contributed by atoms with Crippen molar-refractivity contribution in [3.05, 3.63) is 46.3 Å². The molecular formula is C14H14BrNO4. The Bertz CT molecular complexity index is 570. The van der Waals surface area contributed by atoms with Crippen LogP contribution in [-0.4, -0.2) is 20.1 Å². The summed E-state index contributed by atoms with van der Waals surface area (Å²) in [5.41, 5.74) is 0.452. The van der Waals surface area contributed by atoms with E-state index in [0.29, 0.717) is 33.8 Å². The Morgan fingerprint density at radius 2 is 1.95 bits per heavy atom. The first kappa shape index (κ1) is 14.5. The van der Waals surface area contributed by atoms with Crippen molar-refractivity contribution in [3.8, 4) is 11.5 Å². The predicted octanol–water partition coefficient (Wildman–Crippen LogP) is 2.99. The Balaban J connectivity index is 2.16. The highest BCUT2D eigenvalue weighted by Crippen LogP contribution is 2.35. The molecular weight excluding hydrogens is 326 g/mol. The van der Waals surface area contributed by atoms with Gasteiger partial charge >= 0.3 is 0 Å². The van der Waals surface area contributed by atoms with Crippen LogP contribution in [0.3, 0.4) is 0 Å². The van der Waals surface area contributed by atoms with E-state index in [0.717, 1.165) is 0 Å². The number of benzene rings is 1. The number of carbonyl (C=O) groups excluding carboxylic acids is 1. The zero-order chi connectivity index (χ0) is 14.5. The van der Waals surface area contributed by atoms with Gasteiger partial charge in [0.25, 0.3) is 5.91 Å². The van der Waals surface area contributed by atoms with Gasteiger partial charge in [-0.3, -0.25) is 4.79 Å². The quantitative estimate of drug-likeness (QED) is 0.909. The van der Waals surface area contributed by atoms with Crippen molar-refractivity contribution in [3.63, 3.8) is 0 Å². The summed E-state index contributed by atoms with van der Waals surface area (Å²) in [6.45, 7) is 0.326. The molecule has 0 spiro atoms. The summed E-state index contributed by atoms with van der Waals surface area (Å²) in [5.74, 6) is 1.53. The fourth-order valence-corrected chi connectivity index (χ4v) is 2.24. The Kier molecular flexibility index (Phi) is 4.68. The molecule has 20 heavy (non-hydrogen) atoms. The number of hydrogen-bond acceptors (Lipinski definition) is 4. The SMILES string of the molecule is COc1cc(C(=O)NCc2ccco2)cc(OC)c1Br. The van der Waals surface area contributed by atoms with Gasteiger partial charge in [0.05, 0.1) is 27.0 Å². The second kappa shape index (κ2) is 6.47. The molecule has 1 heterocycles. The molecule has 0 saturated carbocycles. The number of methoxy groups -OCH3 is 2. The van der Waals surface area contributed by atoms with E-state index in [1.807, 2.05) is 0 Å². The molecule has 1 aromatic carbocycles. The third-order valence-electron chi connectivity index (χ3n) is 2.71. The Morgan fingerprint density at radius 3 is 2.45 bits per heavy atom. The summed E-state index contributed by atoms with van der Waals surface area (Å²) in [7, 11) is 3.06. The molecule has 0 unspecified atom stereocenters. The third kappa shape index (κ3) is 3.14. The van der Waals surface area contributed by atoms with E-state index in [1.54, 1.807) is 30.5 Å². The minimum Gasteiger partial charge on any atom is -0.495 e. The fraction of sp³-hybridized carbons (Fsp3) is 0.214. The molecule has 2 rings (SSSR count). The molecule has 1 N–H and O–H groups in total. The van der Waals surface area contributed by atoms with Crippen LogP contribution in [0.1, 0.15) is 16.1 Å². The lowest BCUT2D eigenvalue weighted by Crippen LogP contribution is -2.22. The highest BCUT2D eigenvalue weighted by molar-refractivity contribution is 9.10. The highest BCUT2D eigenvalue weighted by atomic mass is 79.9. The maximum Gasteiger partial charge on any atom is 0.251 e. The van der Waals surface area contributed by atoms with Crippen LogP contribution >= 0.6 is 15.9 Å². The monoisotopic (exact) mass is 339 g/mol. The van der Waals surface area contributed by atoms with Crippen LogP contribution in [0.15, 0.2) is 39.4 Å². The maximum atomic E-state index is 12.1. The molecule has 0 bridgehead atoms. The molecule has 0 atom stereocenters. The van der Waals surface area contributed by atoms with Crippen LogP contribution in [0, 0.1) is 0 Å². The van der Waals surface area contributed by atoms with Crippen molar-refractivity contribution in [1.29, 1.82) is 0 Å². The minimum absolute atomic E-state index is 0.231. The Hall–Kier alpha value is -1.95. The van der Waals surface area contributed by atoms with Crippen LogP contribution in [0.5, 0.6) is 11.5 Å². The van der Waals surface area contributed by atoms with Gasteiger partial charge in [-0.2, -0.15) is 0 Å². The maximum absolute atomic E-state index is 12.1. The molecule has 0 aliphatic carbocycles. The largest absolute Gasteiger partial charge is 0.495 e. The van der Waals surface area contributed by atoms with Gasteiger partial charge in [0.15, 0.2) is 0 Å². The van der Waals surface area contributed by atoms with E-state index in [-0.39, 0.29) is 5.91 Å². The van der Waals surface area contributed by atoms with Crippen molar-refractivity contribution in [1.82, 2.24) is 5.32 Å². The summed E-state index contributed by atoms with van der Waals surface area (Å²) in [4.78, 5) is 12.1. The first-order chi connectivity index (χ1) is 9.65. The molecule has 5 nitrogen and oxygen atoms in total. The van der Waals surface area contributed by atoms with Gasteiger partial charge in [-0.1, -0.05) is 0 Å². The van der Waals surface area contributed by atoms with Crippen LogP contribution in [0.25, 0.3) is 0 Å². The number of ether oxygens (including phenoxy) is 2.